The number of hydrogen-bond acceptors (Lipinski definition) is 2. The number of rotatable bonds is 6. The minimum Gasteiger partial charge on any atom is -0.317 e. The van der Waals surface area contributed by atoms with E-state index in [0.29, 0.717) is 5.82 Å². The van der Waals surface area contributed by atoms with Crippen LogP contribution >= 0.6 is 0 Å². The van der Waals surface area contributed by atoms with E-state index in [1.54, 1.807) is 0 Å². The van der Waals surface area contributed by atoms with Gasteiger partial charge in [-0.2, -0.15) is 0 Å². The van der Waals surface area contributed by atoms with Crippen molar-refractivity contribution in [1.82, 2.24) is 19.1 Å². The van der Waals surface area contributed by atoms with E-state index >= 15 is 0 Å². The zero-order valence-corrected chi connectivity index (χ0v) is 30.4. The molecule has 3 aromatic heterocycles. The van der Waals surface area contributed by atoms with Crippen molar-refractivity contribution < 1.29 is 0 Å². The van der Waals surface area contributed by atoms with Gasteiger partial charge in [0.05, 0.1) is 27.9 Å². The third kappa shape index (κ3) is 5.39. The van der Waals surface area contributed by atoms with Crippen molar-refractivity contribution in [3.63, 3.8) is 0 Å². The second kappa shape index (κ2) is 13.1. The lowest BCUT2D eigenvalue weighted by Gasteiger charge is -2.13. The van der Waals surface area contributed by atoms with Crippen LogP contribution in [0.3, 0.4) is 0 Å². The third-order valence-electron chi connectivity index (χ3n) is 10.9. The molecule has 0 spiro atoms. The van der Waals surface area contributed by atoms with Crippen LogP contribution in [-0.4, -0.2) is 19.1 Å². The van der Waals surface area contributed by atoms with E-state index in [4.69, 9.17) is 9.97 Å². The topological polar surface area (TPSA) is 35.6 Å². The molecular formula is C52H34N4. The Labute approximate surface area is 324 Å². The number of para-hydroxylation sites is 2. The Hall–Kier alpha value is -7.56. The van der Waals surface area contributed by atoms with Crippen molar-refractivity contribution in [1.29, 1.82) is 0 Å². The molecule has 0 N–H and O–H groups in total. The highest BCUT2D eigenvalue weighted by Gasteiger charge is 2.17. The van der Waals surface area contributed by atoms with E-state index in [1.807, 2.05) is 24.3 Å². The number of benzene rings is 8. The first-order chi connectivity index (χ1) is 27.7. The zero-order chi connectivity index (χ0) is 37.0. The molecule has 0 saturated heterocycles. The molecule has 56 heavy (non-hydrogen) atoms. The Kier molecular flexibility index (Phi) is 7.46. The van der Waals surface area contributed by atoms with Gasteiger partial charge in [-0.1, -0.05) is 133 Å². The van der Waals surface area contributed by atoms with Crippen LogP contribution in [0.1, 0.15) is 0 Å². The number of hydrogen-bond donors (Lipinski definition) is 0. The van der Waals surface area contributed by atoms with Gasteiger partial charge in [-0.25, -0.2) is 9.97 Å². The van der Waals surface area contributed by atoms with Gasteiger partial charge in [0.1, 0.15) is 0 Å². The highest BCUT2D eigenvalue weighted by Crippen LogP contribution is 2.39. The normalized spacial score (nSPS) is 11.6. The molecule has 0 atom stereocenters. The molecule has 3 heterocycles. The van der Waals surface area contributed by atoms with E-state index in [0.717, 1.165) is 50.6 Å². The van der Waals surface area contributed by atoms with Crippen LogP contribution in [0.15, 0.2) is 206 Å². The standard InChI is InChI=1S/C52H34N4/c1-4-14-35(15-5-1)47-34-48(54-52(53-47)36-16-6-2-7-17-36)40-20-12-18-37(30-40)38-19-13-23-42(31-38)56-50-25-11-10-24-43(50)46-33-45-39(32-51(46)56)26-27-49-44(45)28-29-55(49)41-21-8-3-9-22-41/h1-34H. The lowest BCUT2D eigenvalue weighted by Crippen LogP contribution is -1.96. The molecule has 0 aliphatic rings. The van der Waals surface area contributed by atoms with Crippen molar-refractivity contribution in [3.05, 3.63) is 206 Å². The van der Waals surface area contributed by atoms with Gasteiger partial charge in [-0.05, 0) is 88.6 Å². The van der Waals surface area contributed by atoms with Crippen LogP contribution in [0.2, 0.25) is 0 Å². The molecule has 11 aromatic rings. The number of aromatic nitrogens is 4. The highest BCUT2D eigenvalue weighted by molar-refractivity contribution is 6.18. The van der Waals surface area contributed by atoms with Crippen molar-refractivity contribution in [2.24, 2.45) is 0 Å². The Bertz CT molecular complexity index is 3170. The first-order valence-electron chi connectivity index (χ1n) is 19.0. The molecule has 0 unspecified atom stereocenters. The molecule has 0 radical (unpaired) electrons. The van der Waals surface area contributed by atoms with E-state index in [-0.39, 0.29) is 0 Å². The van der Waals surface area contributed by atoms with Crippen LogP contribution in [0.4, 0.5) is 0 Å². The lowest BCUT2D eigenvalue weighted by atomic mass is 10.00. The fraction of sp³-hybridized carbons (Fsp3) is 0. The van der Waals surface area contributed by atoms with Gasteiger partial charge in [-0.15, -0.1) is 0 Å². The van der Waals surface area contributed by atoms with Gasteiger partial charge in [-0.3, -0.25) is 0 Å². The Morgan fingerprint density at radius 1 is 0.321 bits per heavy atom. The predicted molar refractivity (Wildman–Crippen MR) is 232 cm³/mol. The Morgan fingerprint density at radius 3 is 1.73 bits per heavy atom. The zero-order valence-electron chi connectivity index (χ0n) is 30.4. The van der Waals surface area contributed by atoms with E-state index in [2.05, 4.69) is 191 Å². The summed E-state index contributed by atoms with van der Waals surface area (Å²) in [4.78, 5) is 10.1. The summed E-state index contributed by atoms with van der Waals surface area (Å²) in [5.41, 5.74) is 13.0. The van der Waals surface area contributed by atoms with Gasteiger partial charge in [0, 0.05) is 50.4 Å². The molecular weight excluding hydrogens is 681 g/mol. The Morgan fingerprint density at radius 2 is 0.929 bits per heavy atom. The second-order valence-corrected chi connectivity index (χ2v) is 14.3. The summed E-state index contributed by atoms with van der Waals surface area (Å²) in [6.45, 7) is 0. The molecule has 0 bridgehead atoms. The smallest absolute Gasteiger partial charge is 0.160 e. The molecule has 0 aliphatic carbocycles. The molecule has 0 amide bonds. The fourth-order valence-corrected chi connectivity index (χ4v) is 8.26. The molecule has 0 aliphatic heterocycles. The summed E-state index contributed by atoms with van der Waals surface area (Å²) in [5.74, 6) is 0.711. The highest BCUT2D eigenvalue weighted by atomic mass is 15.0. The Balaban J connectivity index is 1.03. The van der Waals surface area contributed by atoms with Crippen molar-refractivity contribution >= 4 is 43.5 Å². The molecule has 8 aromatic carbocycles. The molecule has 4 nitrogen and oxygen atoms in total. The van der Waals surface area contributed by atoms with Crippen LogP contribution in [0.25, 0.3) is 99.9 Å². The minimum atomic E-state index is 0.711. The molecule has 0 fully saturated rings. The van der Waals surface area contributed by atoms with E-state index in [1.165, 1.54) is 43.5 Å². The van der Waals surface area contributed by atoms with Gasteiger partial charge in [0.15, 0.2) is 5.82 Å². The van der Waals surface area contributed by atoms with Crippen LogP contribution < -0.4 is 0 Å². The van der Waals surface area contributed by atoms with Crippen LogP contribution in [-0.2, 0) is 0 Å². The lowest BCUT2D eigenvalue weighted by molar-refractivity contribution is 1.13. The quantitative estimate of drug-likeness (QED) is 0.172. The van der Waals surface area contributed by atoms with Gasteiger partial charge < -0.3 is 9.13 Å². The largest absolute Gasteiger partial charge is 0.317 e. The third-order valence-corrected chi connectivity index (χ3v) is 10.9. The molecule has 0 saturated carbocycles. The molecule has 11 rings (SSSR count). The SMILES string of the molecule is c1ccc(-c2cc(-c3cccc(-c4cccc(-n5c6ccccc6c6cc7c(ccc8c7ccn8-c7ccccc7)cc65)c4)c3)nc(-c3ccccc3)n2)cc1. The maximum atomic E-state index is 5.10. The van der Waals surface area contributed by atoms with Crippen LogP contribution in [0, 0.1) is 0 Å². The maximum absolute atomic E-state index is 5.10. The molecule has 4 heteroatoms. The van der Waals surface area contributed by atoms with Gasteiger partial charge in [0.2, 0.25) is 0 Å². The average Bonchev–Trinajstić information content (AvgIpc) is 3.86. The summed E-state index contributed by atoms with van der Waals surface area (Å²) >= 11 is 0. The predicted octanol–water partition coefficient (Wildman–Crippen LogP) is 13.3. The summed E-state index contributed by atoms with van der Waals surface area (Å²) in [7, 11) is 0. The first kappa shape index (κ1) is 31.9. The van der Waals surface area contributed by atoms with E-state index < -0.39 is 0 Å². The van der Waals surface area contributed by atoms with Gasteiger partial charge >= 0.3 is 0 Å². The number of nitrogens with zero attached hydrogens (tertiary/aromatic N) is 4. The minimum absolute atomic E-state index is 0.711. The van der Waals surface area contributed by atoms with Crippen molar-refractivity contribution in [3.8, 4) is 56.4 Å². The summed E-state index contributed by atoms with van der Waals surface area (Å²) in [6.07, 6.45) is 2.18. The van der Waals surface area contributed by atoms with Crippen molar-refractivity contribution in [2.45, 2.75) is 0 Å². The van der Waals surface area contributed by atoms with Gasteiger partial charge in [0.25, 0.3) is 0 Å². The van der Waals surface area contributed by atoms with Crippen LogP contribution in [0.5, 0.6) is 0 Å². The second-order valence-electron chi connectivity index (χ2n) is 14.3. The monoisotopic (exact) mass is 714 g/mol. The average molecular weight is 715 g/mol. The summed E-state index contributed by atoms with van der Waals surface area (Å²) in [6, 6.07) is 71.1. The number of fused-ring (bicyclic) bond motifs is 6. The summed E-state index contributed by atoms with van der Waals surface area (Å²) in [5, 5.41) is 6.21. The van der Waals surface area contributed by atoms with E-state index in [9.17, 15) is 0 Å². The van der Waals surface area contributed by atoms with Crippen molar-refractivity contribution in [2.75, 3.05) is 0 Å². The molecule has 262 valence electrons. The maximum Gasteiger partial charge on any atom is 0.160 e. The fourth-order valence-electron chi connectivity index (χ4n) is 8.26. The first-order valence-corrected chi connectivity index (χ1v) is 19.0. The summed E-state index contributed by atoms with van der Waals surface area (Å²) < 4.78 is 4.69.